The monoisotopic (exact) mass is 381 g/mol. The summed E-state index contributed by atoms with van der Waals surface area (Å²) in [4.78, 5) is 38.0. The van der Waals surface area contributed by atoms with Crippen LogP contribution in [0.5, 0.6) is 0 Å². The van der Waals surface area contributed by atoms with Gasteiger partial charge in [-0.3, -0.25) is 19.7 Å². The molecule has 0 spiro atoms. The maximum atomic E-state index is 12.9. The predicted octanol–water partition coefficient (Wildman–Crippen LogP) is 0.400. The molecule has 2 N–H and O–H groups in total. The second-order valence-electron chi connectivity index (χ2n) is 7.64. The van der Waals surface area contributed by atoms with E-state index < -0.39 is 17.6 Å². The number of benzene rings is 1. The molecular weight excluding hydrogens is 362 g/mol. The third kappa shape index (κ3) is 2.46. The molecule has 1 unspecified atom stereocenters. The highest BCUT2D eigenvalue weighted by molar-refractivity contribution is 6.05. The average Bonchev–Trinajstić information content (AvgIpc) is 3.26. The Morgan fingerprint density at radius 3 is 2.75 bits per heavy atom. The summed E-state index contributed by atoms with van der Waals surface area (Å²) in [5.74, 6) is -0.978. The molecule has 3 heterocycles. The highest BCUT2D eigenvalue weighted by atomic mass is 16.3. The third-order valence-corrected chi connectivity index (χ3v) is 5.96. The molecule has 144 valence electrons. The number of hydrogen-bond acceptors (Lipinski definition) is 6. The topological polar surface area (TPSA) is 117 Å². The molecule has 1 aromatic heterocycles. The van der Waals surface area contributed by atoms with Crippen molar-refractivity contribution in [3.8, 4) is 5.69 Å². The largest absolute Gasteiger partial charge is 0.383 e. The quantitative estimate of drug-likeness (QED) is 0.743. The number of rotatable bonds is 3. The number of aliphatic hydroxyl groups is 1. The van der Waals surface area contributed by atoms with Crippen molar-refractivity contribution in [1.82, 2.24) is 25.2 Å². The number of carbonyl (C=O) groups is 3. The number of nitrogens with zero attached hydrogens (tertiary/aromatic N) is 4. The highest BCUT2D eigenvalue weighted by Crippen LogP contribution is 2.40. The van der Waals surface area contributed by atoms with E-state index >= 15 is 0 Å². The van der Waals surface area contributed by atoms with Crippen LogP contribution in [0.4, 0.5) is 0 Å². The van der Waals surface area contributed by atoms with Crippen molar-refractivity contribution in [2.24, 2.45) is 0 Å². The van der Waals surface area contributed by atoms with Gasteiger partial charge in [-0.2, -0.15) is 0 Å². The van der Waals surface area contributed by atoms with Crippen molar-refractivity contribution in [2.45, 2.75) is 50.3 Å². The molecule has 9 heteroatoms. The summed E-state index contributed by atoms with van der Waals surface area (Å²) in [7, 11) is 0. The first-order valence-corrected chi connectivity index (χ1v) is 9.38. The molecule has 0 radical (unpaired) electrons. The summed E-state index contributed by atoms with van der Waals surface area (Å²) in [5, 5.41) is 21.1. The van der Waals surface area contributed by atoms with Gasteiger partial charge < -0.3 is 10.0 Å². The second kappa shape index (κ2) is 5.96. The minimum Gasteiger partial charge on any atom is -0.383 e. The molecule has 2 aliphatic heterocycles. The molecular formula is C19H19N5O4. The van der Waals surface area contributed by atoms with Crippen LogP contribution >= 0.6 is 0 Å². The van der Waals surface area contributed by atoms with Crippen molar-refractivity contribution < 1.29 is 19.5 Å². The highest BCUT2D eigenvalue weighted by Gasteiger charge is 2.41. The van der Waals surface area contributed by atoms with Gasteiger partial charge in [0.05, 0.1) is 11.9 Å². The molecule has 1 saturated heterocycles. The molecule has 3 aliphatic rings. The molecule has 28 heavy (non-hydrogen) atoms. The summed E-state index contributed by atoms with van der Waals surface area (Å²) in [6.45, 7) is 0.260. The SMILES string of the molecule is O=C1CCC(N2Cc3c(cccc3-n3cc(C4(O)CCC4)nn3)C2=O)C(=O)N1. The van der Waals surface area contributed by atoms with Crippen LogP contribution in [-0.2, 0) is 21.7 Å². The normalized spacial score (nSPS) is 23.4. The van der Waals surface area contributed by atoms with Crippen LogP contribution in [0.2, 0.25) is 0 Å². The number of imide groups is 1. The van der Waals surface area contributed by atoms with E-state index in [2.05, 4.69) is 15.6 Å². The molecule has 2 fully saturated rings. The van der Waals surface area contributed by atoms with Crippen LogP contribution in [0, 0.1) is 0 Å². The van der Waals surface area contributed by atoms with Gasteiger partial charge in [0, 0.05) is 24.1 Å². The van der Waals surface area contributed by atoms with Gasteiger partial charge in [-0.1, -0.05) is 11.3 Å². The fourth-order valence-corrected chi connectivity index (χ4v) is 4.15. The third-order valence-electron chi connectivity index (χ3n) is 5.96. The number of amides is 3. The predicted molar refractivity (Wildman–Crippen MR) is 95.2 cm³/mol. The maximum Gasteiger partial charge on any atom is 0.255 e. The van der Waals surface area contributed by atoms with Gasteiger partial charge in [-0.25, -0.2) is 4.68 Å². The van der Waals surface area contributed by atoms with E-state index in [1.54, 1.807) is 23.0 Å². The summed E-state index contributed by atoms with van der Waals surface area (Å²) >= 11 is 0. The van der Waals surface area contributed by atoms with Crippen LogP contribution < -0.4 is 5.32 Å². The van der Waals surface area contributed by atoms with E-state index in [-0.39, 0.29) is 24.8 Å². The Bertz CT molecular complexity index is 1010. The van der Waals surface area contributed by atoms with E-state index in [0.717, 1.165) is 12.0 Å². The summed E-state index contributed by atoms with van der Waals surface area (Å²) in [6, 6.07) is 4.67. The summed E-state index contributed by atoms with van der Waals surface area (Å²) in [5.41, 5.74) is 1.59. The van der Waals surface area contributed by atoms with E-state index in [9.17, 15) is 19.5 Å². The van der Waals surface area contributed by atoms with Gasteiger partial charge in [0.1, 0.15) is 17.3 Å². The Balaban J connectivity index is 1.47. The van der Waals surface area contributed by atoms with Gasteiger partial charge in [-0.15, -0.1) is 5.10 Å². The lowest BCUT2D eigenvalue weighted by molar-refractivity contribution is -0.136. The fourth-order valence-electron chi connectivity index (χ4n) is 4.15. The molecule has 1 saturated carbocycles. The average molecular weight is 381 g/mol. The number of aromatic nitrogens is 3. The molecule has 1 atom stereocenters. The molecule has 5 rings (SSSR count). The van der Waals surface area contributed by atoms with Gasteiger partial charge in [0.15, 0.2) is 0 Å². The zero-order valence-corrected chi connectivity index (χ0v) is 15.1. The Morgan fingerprint density at radius 1 is 1.21 bits per heavy atom. The molecule has 1 aromatic carbocycles. The van der Waals surface area contributed by atoms with Crippen molar-refractivity contribution in [1.29, 1.82) is 0 Å². The van der Waals surface area contributed by atoms with Gasteiger partial charge >= 0.3 is 0 Å². The standard InChI is InChI=1S/C19H19N5O4/c25-16-6-5-14(17(26)20-16)23-9-12-11(18(23)27)3-1-4-13(12)24-10-15(21-22-24)19(28)7-2-8-19/h1,3-4,10,14,28H,2,5-9H2,(H,20,25,26). The maximum absolute atomic E-state index is 12.9. The van der Waals surface area contributed by atoms with Crippen LogP contribution in [-0.4, -0.2) is 48.8 Å². The molecule has 3 amide bonds. The molecule has 9 nitrogen and oxygen atoms in total. The Kier molecular flexibility index (Phi) is 3.63. The fraction of sp³-hybridized carbons (Fsp3) is 0.421. The van der Waals surface area contributed by atoms with E-state index in [0.29, 0.717) is 36.2 Å². The van der Waals surface area contributed by atoms with Crippen LogP contribution in [0.25, 0.3) is 5.69 Å². The summed E-state index contributed by atoms with van der Waals surface area (Å²) in [6.07, 6.45) is 4.53. The number of carbonyl (C=O) groups excluding carboxylic acids is 3. The lowest BCUT2D eigenvalue weighted by atomic mass is 9.78. The Morgan fingerprint density at radius 2 is 2.04 bits per heavy atom. The molecule has 2 aromatic rings. The van der Waals surface area contributed by atoms with E-state index in [4.69, 9.17) is 0 Å². The van der Waals surface area contributed by atoms with Crippen molar-refractivity contribution in [3.63, 3.8) is 0 Å². The number of fused-ring (bicyclic) bond motifs is 1. The summed E-state index contributed by atoms with van der Waals surface area (Å²) < 4.78 is 1.58. The van der Waals surface area contributed by atoms with Crippen molar-refractivity contribution >= 4 is 17.7 Å². The van der Waals surface area contributed by atoms with Crippen molar-refractivity contribution in [2.75, 3.05) is 0 Å². The first-order valence-electron chi connectivity index (χ1n) is 9.38. The minimum atomic E-state index is -0.912. The number of nitrogens with one attached hydrogen (secondary N) is 1. The Hall–Kier alpha value is -3.07. The van der Waals surface area contributed by atoms with Crippen molar-refractivity contribution in [3.05, 3.63) is 41.2 Å². The zero-order valence-electron chi connectivity index (χ0n) is 15.1. The molecule has 0 bridgehead atoms. The van der Waals surface area contributed by atoms with Crippen LogP contribution in [0.1, 0.15) is 53.7 Å². The minimum absolute atomic E-state index is 0.217. The van der Waals surface area contributed by atoms with Gasteiger partial charge in [-0.05, 0) is 37.8 Å². The van der Waals surface area contributed by atoms with Gasteiger partial charge in [0.2, 0.25) is 11.8 Å². The lowest BCUT2D eigenvalue weighted by Crippen LogP contribution is -2.52. The number of hydrogen-bond donors (Lipinski definition) is 2. The van der Waals surface area contributed by atoms with Crippen LogP contribution in [0.3, 0.4) is 0 Å². The second-order valence-corrected chi connectivity index (χ2v) is 7.64. The number of piperidine rings is 1. The first-order chi connectivity index (χ1) is 13.5. The zero-order chi connectivity index (χ0) is 19.5. The van der Waals surface area contributed by atoms with Gasteiger partial charge in [0.25, 0.3) is 5.91 Å². The van der Waals surface area contributed by atoms with E-state index in [1.807, 2.05) is 6.07 Å². The lowest BCUT2D eigenvalue weighted by Gasteiger charge is -2.34. The van der Waals surface area contributed by atoms with Crippen LogP contribution in [0.15, 0.2) is 24.4 Å². The van der Waals surface area contributed by atoms with E-state index in [1.165, 1.54) is 4.90 Å². The molecule has 1 aliphatic carbocycles. The Labute approximate surface area is 160 Å². The smallest absolute Gasteiger partial charge is 0.255 e. The first kappa shape index (κ1) is 17.1.